The maximum Gasteiger partial charge on any atom is 0.454 e. The van der Waals surface area contributed by atoms with Gasteiger partial charge in [-0.05, 0) is 28.1 Å². The van der Waals surface area contributed by atoms with Gasteiger partial charge >= 0.3 is 6.18 Å². The second-order valence-corrected chi connectivity index (χ2v) is 7.35. The minimum atomic E-state index is -4.85. The van der Waals surface area contributed by atoms with E-state index in [1.54, 1.807) is 6.07 Å². The van der Waals surface area contributed by atoms with E-state index in [1.165, 1.54) is 23.9 Å². The van der Waals surface area contributed by atoms with Crippen molar-refractivity contribution < 1.29 is 18.0 Å². The molecule has 0 saturated heterocycles. The van der Waals surface area contributed by atoms with E-state index in [1.807, 2.05) is 20.8 Å². The smallest absolute Gasteiger partial charge is 0.284 e. The third kappa shape index (κ3) is 4.02. The lowest BCUT2D eigenvalue weighted by atomic mass is 10.1. The van der Waals surface area contributed by atoms with E-state index in [9.17, 15) is 18.0 Å². The van der Waals surface area contributed by atoms with Crippen LogP contribution in [-0.4, -0.2) is 16.7 Å². The minimum Gasteiger partial charge on any atom is -0.284 e. The highest BCUT2D eigenvalue weighted by Gasteiger charge is 2.41. The van der Waals surface area contributed by atoms with Gasteiger partial charge in [0.05, 0.1) is 0 Å². The van der Waals surface area contributed by atoms with Crippen LogP contribution < -0.4 is 0 Å². The van der Waals surface area contributed by atoms with E-state index in [0.29, 0.717) is 9.37 Å². The molecule has 0 aromatic heterocycles. The van der Waals surface area contributed by atoms with Crippen LogP contribution in [0.15, 0.2) is 27.6 Å². The van der Waals surface area contributed by atoms with Crippen LogP contribution in [0, 0.1) is 0 Å². The highest BCUT2D eigenvalue weighted by molar-refractivity contribution is 9.10. The standard InChI is InChI=1S/C12H12BrF3OS/c1-11(2,3)18-9-7(5-4-6-8(9)13)10(17)12(14,15)16/h4-6H,1-3H3. The van der Waals surface area contributed by atoms with Gasteiger partial charge in [0.25, 0.3) is 5.78 Å². The summed E-state index contributed by atoms with van der Waals surface area (Å²) < 4.78 is 37.7. The summed E-state index contributed by atoms with van der Waals surface area (Å²) in [5.41, 5.74) is -0.309. The fraction of sp³-hybridized carbons (Fsp3) is 0.417. The Bertz CT molecular complexity index is 463. The minimum absolute atomic E-state index is 0.287. The normalized spacial score (nSPS) is 12.6. The molecule has 0 amide bonds. The fourth-order valence-corrected chi connectivity index (χ4v) is 2.91. The molecule has 0 unspecified atom stereocenters. The maximum atomic E-state index is 12.5. The van der Waals surface area contributed by atoms with Crippen LogP contribution in [0.4, 0.5) is 13.2 Å². The molecule has 0 aliphatic heterocycles. The van der Waals surface area contributed by atoms with Gasteiger partial charge in [-0.3, -0.25) is 4.79 Å². The lowest BCUT2D eigenvalue weighted by Crippen LogP contribution is -2.24. The SMILES string of the molecule is CC(C)(C)Sc1c(Br)cccc1C(=O)C(F)(F)F. The molecule has 0 fully saturated rings. The number of hydrogen-bond acceptors (Lipinski definition) is 2. The van der Waals surface area contributed by atoms with E-state index in [-0.39, 0.29) is 10.3 Å². The van der Waals surface area contributed by atoms with Gasteiger partial charge in [-0.2, -0.15) is 13.2 Å². The fourth-order valence-electron chi connectivity index (χ4n) is 1.25. The molecule has 0 heterocycles. The second kappa shape index (κ2) is 5.25. The first-order valence-corrected chi connectivity index (χ1v) is 6.72. The number of hydrogen-bond donors (Lipinski definition) is 0. The van der Waals surface area contributed by atoms with Crippen molar-refractivity contribution in [2.45, 2.75) is 36.6 Å². The van der Waals surface area contributed by atoms with E-state index < -0.39 is 12.0 Å². The molecule has 18 heavy (non-hydrogen) atoms. The Balaban J connectivity index is 3.29. The van der Waals surface area contributed by atoms with E-state index in [4.69, 9.17) is 0 Å². The first-order chi connectivity index (χ1) is 8.02. The number of benzene rings is 1. The Morgan fingerprint density at radius 1 is 1.22 bits per heavy atom. The van der Waals surface area contributed by atoms with Gasteiger partial charge < -0.3 is 0 Å². The van der Waals surface area contributed by atoms with E-state index >= 15 is 0 Å². The molecule has 100 valence electrons. The molecule has 1 rings (SSSR count). The van der Waals surface area contributed by atoms with Crippen molar-refractivity contribution in [1.29, 1.82) is 0 Å². The molecule has 0 aliphatic rings. The molecule has 6 heteroatoms. The van der Waals surface area contributed by atoms with Crippen molar-refractivity contribution in [2.24, 2.45) is 0 Å². The first-order valence-electron chi connectivity index (χ1n) is 5.11. The van der Waals surface area contributed by atoms with Crippen molar-refractivity contribution >= 4 is 33.5 Å². The lowest BCUT2D eigenvalue weighted by Gasteiger charge is -2.21. The van der Waals surface area contributed by atoms with Gasteiger partial charge in [-0.15, -0.1) is 11.8 Å². The monoisotopic (exact) mass is 340 g/mol. The van der Waals surface area contributed by atoms with Crippen molar-refractivity contribution in [3.05, 3.63) is 28.2 Å². The summed E-state index contributed by atoms with van der Waals surface area (Å²) in [6.45, 7) is 5.62. The molecule has 0 radical (unpaired) electrons. The van der Waals surface area contributed by atoms with Gasteiger partial charge in [0.2, 0.25) is 0 Å². The summed E-state index contributed by atoms with van der Waals surface area (Å²) in [4.78, 5) is 11.7. The van der Waals surface area contributed by atoms with Crippen LogP contribution in [-0.2, 0) is 0 Å². The van der Waals surface area contributed by atoms with Crippen LogP contribution in [0.1, 0.15) is 31.1 Å². The van der Waals surface area contributed by atoms with Crippen molar-refractivity contribution in [1.82, 2.24) is 0 Å². The molecule has 0 bridgehead atoms. The van der Waals surface area contributed by atoms with Crippen LogP contribution in [0.2, 0.25) is 0 Å². The van der Waals surface area contributed by atoms with Crippen LogP contribution >= 0.6 is 27.7 Å². The Hall–Kier alpha value is -0.490. The summed E-state index contributed by atoms with van der Waals surface area (Å²) in [6, 6.07) is 4.26. The summed E-state index contributed by atoms with van der Waals surface area (Å²) in [6.07, 6.45) is -4.85. The Morgan fingerprint density at radius 3 is 2.22 bits per heavy atom. The number of carbonyl (C=O) groups excluding carboxylic acids is 1. The average molecular weight is 341 g/mol. The van der Waals surface area contributed by atoms with Gasteiger partial charge in [0.15, 0.2) is 0 Å². The molecular weight excluding hydrogens is 329 g/mol. The van der Waals surface area contributed by atoms with Crippen molar-refractivity contribution in [3.8, 4) is 0 Å². The zero-order valence-corrected chi connectivity index (χ0v) is 12.5. The number of Topliss-reactive ketones (excluding diaryl/α,β-unsaturated/α-hetero) is 1. The largest absolute Gasteiger partial charge is 0.454 e. The number of carbonyl (C=O) groups is 1. The Labute approximate surface area is 116 Å². The summed E-state index contributed by atoms with van der Waals surface area (Å²) in [7, 11) is 0. The molecular formula is C12H12BrF3OS. The maximum absolute atomic E-state index is 12.5. The number of halogens is 4. The highest BCUT2D eigenvalue weighted by atomic mass is 79.9. The summed E-state index contributed by atoms with van der Waals surface area (Å²) >= 11 is 4.43. The highest BCUT2D eigenvalue weighted by Crippen LogP contribution is 2.40. The van der Waals surface area contributed by atoms with Crippen LogP contribution in [0.5, 0.6) is 0 Å². The molecule has 1 aromatic rings. The number of rotatable bonds is 2. The molecule has 0 aliphatic carbocycles. The zero-order valence-electron chi connectivity index (χ0n) is 10.1. The Kier molecular flexibility index (Phi) is 4.54. The summed E-state index contributed by atoms with van der Waals surface area (Å²) in [5, 5.41) is 0. The molecule has 0 spiro atoms. The van der Waals surface area contributed by atoms with Crippen LogP contribution in [0.25, 0.3) is 0 Å². The molecule has 0 saturated carbocycles. The molecule has 0 N–H and O–H groups in total. The number of thioether (sulfide) groups is 1. The van der Waals surface area contributed by atoms with Gasteiger partial charge in [0, 0.05) is 19.7 Å². The van der Waals surface area contributed by atoms with Crippen molar-refractivity contribution in [2.75, 3.05) is 0 Å². The zero-order chi connectivity index (χ0) is 14.1. The van der Waals surface area contributed by atoms with Gasteiger partial charge in [0.1, 0.15) is 0 Å². The number of ketones is 1. The Morgan fingerprint density at radius 2 is 1.78 bits per heavy atom. The third-order valence-electron chi connectivity index (χ3n) is 1.88. The topological polar surface area (TPSA) is 17.1 Å². The predicted molar refractivity (Wildman–Crippen MR) is 70.1 cm³/mol. The summed E-state index contributed by atoms with van der Waals surface area (Å²) in [5.74, 6) is -1.81. The van der Waals surface area contributed by atoms with E-state index in [0.717, 1.165) is 0 Å². The average Bonchev–Trinajstić information content (AvgIpc) is 2.17. The van der Waals surface area contributed by atoms with Gasteiger partial charge in [-0.25, -0.2) is 0 Å². The van der Waals surface area contributed by atoms with E-state index in [2.05, 4.69) is 15.9 Å². The third-order valence-corrected chi connectivity index (χ3v) is 4.06. The lowest BCUT2D eigenvalue weighted by molar-refractivity contribution is -0.0887. The van der Waals surface area contributed by atoms with Crippen molar-refractivity contribution in [3.63, 3.8) is 0 Å². The molecule has 1 nitrogen and oxygen atoms in total. The number of alkyl halides is 3. The van der Waals surface area contributed by atoms with Gasteiger partial charge in [-0.1, -0.05) is 26.8 Å². The predicted octanol–water partition coefficient (Wildman–Crippen LogP) is 5.08. The molecule has 0 atom stereocenters. The van der Waals surface area contributed by atoms with Crippen LogP contribution in [0.3, 0.4) is 0 Å². The molecule has 1 aromatic carbocycles. The quantitative estimate of drug-likeness (QED) is 0.551. The first kappa shape index (κ1) is 15.6. The second-order valence-electron chi connectivity index (χ2n) is 4.66.